The van der Waals surface area contributed by atoms with Crippen molar-refractivity contribution >= 4 is 11.8 Å². The van der Waals surface area contributed by atoms with Crippen LogP contribution in [0.1, 0.15) is 26.7 Å². The van der Waals surface area contributed by atoms with Gasteiger partial charge in [0, 0.05) is 0 Å². The Bertz CT molecular complexity index is 982. The number of hydrogen-bond acceptors (Lipinski definition) is 6. The number of nitrogens with one attached hydrogen (secondary N) is 2. The molecule has 0 aliphatic carbocycles. The van der Waals surface area contributed by atoms with Gasteiger partial charge in [-0.25, -0.2) is 0 Å². The summed E-state index contributed by atoms with van der Waals surface area (Å²) in [5, 5.41) is 9.64. The summed E-state index contributed by atoms with van der Waals surface area (Å²) < 4.78 is 16.3. The lowest BCUT2D eigenvalue weighted by Crippen LogP contribution is -2.41. The molecular formula is C20H18N2O6. The summed E-state index contributed by atoms with van der Waals surface area (Å²) in [4.78, 5) is 24.1. The van der Waals surface area contributed by atoms with Gasteiger partial charge >= 0.3 is 5.91 Å². The van der Waals surface area contributed by atoms with Gasteiger partial charge in [0.05, 0.1) is 12.7 Å². The van der Waals surface area contributed by atoms with Crippen LogP contribution in [0.3, 0.4) is 0 Å². The highest BCUT2D eigenvalue weighted by Gasteiger charge is 2.15. The summed E-state index contributed by atoms with van der Waals surface area (Å²) in [5.74, 6) is 0.0496. The largest absolute Gasteiger partial charge is 0.507 e. The van der Waals surface area contributed by atoms with E-state index in [-0.39, 0.29) is 23.7 Å². The molecule has 2 amide bonds. The molecule has 144 valence electrons. The first-order chi connectivity index (χ1) is 13.6. The van der Waals surface area contributed by atoms with Gasteiger partial charge in [-0.3, -0.25) is 20.4 Å². The minimum Gasteiger partial charge on any atom is -0.507 e. The van der Waals surface area contributed by atoms with Gasteiger partial charge < -0.3 is 19.0 Å². The van der Waals surface area contributed by atoms with Crippen molar-refractivity contribution < 1.29 is 28.6 Å². The van der Waals surface area contributed by atoms with Crippen molar-refractivity contribution in [3.8, 4) is 17.2 Å². The van der Waals surface area contributed by atoms with E-state index in [9.17, 15) is 14.7 Å². The molecule has 1 aromatic heterocycles. The van der Waals surface area contributed by atoms with E-state index < -0.39 is 11.8 Å². The van der Waals surface area contributed by atoms with Gasteiger partial charge in [0.1, 0.15) is 18.1 Å². The highest BCUT2D eigenvalue weighted by Crippen LogP contribution is 2.26. The molecule has 0 aliphatic rings. The minimum atomic E-state index is -0.655. The molecule has 1 heterocycles. The third-order valence-corrected chi connectivity index (χ3v) is 3.76. The fraction of sp³-hybridized carbons (Fsp3) is 0.100. The number of phenols is 1. The summed E-state index contributed by atoms with van der Waals surface area (Å²) in [6.07, 6.45) is 0. The van der Waals surface area contributed by atoms with Crippen LogP contribution in [0.5, 0.6) is 17.2 Å². The molecule has 0 atom stereocenters. The first-order valence-corrected chi connectivity index (χ1v) is 8.31. The molecule has 0 radical (unpaired) electrons. The molecule has 3 rings (SSSR count). The summed E-state index contributed by atoms with van der Waals surface area (Å²) in [6, 6.07) is 16.2. The smallest absolute Gasteiger partial charge is 0.305 e. The van der Waals surface area contributed by atoms with E-state index >= 15 is 0 Å². The van der Waals surface area contributed by atoms with E-state index in [1.54, 1.807) is 37.4 Å². The number of carbonyl (C=O) groups is 2. The lowest BCUT2D eigenvalue weighted by atomic mass is 10.2. The Labute approximate surface area is 160 Å². The quantitative estimate of drug-likeness (QED) is 0.566. The molecular weight excluding hydrogens is 364 g/mol. The molecule has 0 saturated heterocycles. The lowest BCUT2D eigenvalue weighted by Gasteiger charge is -2.09. The van der Waals surface area contributed by atoms with Crippen LogP contribution in [-0.4, -0.2) is 24.0 Å². The van der Waals surface area contributed by atoms with Crippen molar-refractivity contribution in [1.29, 1.82) is 0 Å². The summed E-state index contributed by atoms with van der Waals surface area (Å²) in [7, 11) is 1.54. The van der Waals surface area contributed by atoms with Crippen molar-refractivity contribution in [2.45, 2.75) is 6.61 Å². The molecule has 3 N–H and O–H groups in total. The van der Waals surface area contributed by atoms with E-state index in [0.29, 0.717) is 17.3 Å². The number of aromatic hydroxyl groups is 1. The first kappa shape index (κ1) is 18.8. The standard InChI is InChI=1S/C20H18N2O6/c1-26-16-8-4-5-9-17(16)27-12-13-10-11-18(28-13)20(25)22-21-19(24)14-6-2-3-7-15(14)23/h2-11,23H,12H2,1H3,(H,21,24)(H,22,25). The van der Waals surface area contributed by atoms with E-state index in [2.05, 4.69) is 10.9 Å². The number of phenolic OH excluding ortho intramolecular Hbond substituents is 1. The number of carbonyl (C=O) groups excluding carboxylic acids is 2. The van der Waals surface area contributed by atoms with Crippen LogP contribution in [-0.2, 0) is 6.61 Å². The Morgan fingerprint density at radius 2 is 1.61 bits per heavy atom. The monoisotopic (exact) mass is 382 g/mol. The summed E-state index contributed by atoms with van der Waals surface area (Å²) in [6.45, 7) is 0.0951. The number of hydrogen-bond donors (Lipinski definition) is 3. The van der Waals surface area contributed by atoms with Crippen molar-refractivity contribution in [1.82, 2.24) is 10.9 Å². The van der Waals surface area contributed by atoms with E-state index in [1.807, 2.05) is 12.1 Å². The Hall–Kier alpha value is -3.94. The van der Waals surface area contributed by atoms with Gasteiger partial charge in [-0.05, 0) is 36.4 Å². The van der Waals surface area contributed by atoms with E-state index in [0.717, 1.165) is 0 Å². The number of rotatable bonds is 6. The average molecular weight is 382 g/mol. The molecule has 0 aliphatic heterocycles. The number of methoxy groups -OCH3 is 1. The Morgan fingerprint density at radius 1 is 0.929 bits per heavy atom. The van der Waals surface area contributed by atoms with Gasteiger partial charge in [-0.1, -0.05) is 24.3 Å². The Morgan fingerprint density at radius 3 is 2.36 bits per heavy atom. The van der Waals surface area contributed by atoms with Crippen molar-refractivity contribution in [2.24, 2.45) is 0 Å². The second-order valence-corrected chi connectivity index (χ2v) is 5.63. The molecule has 0 unspecified atom stereocenters. The number of ether oxygens (including phenoxy) is 2. The third kappa shape index (κ3) is 4.42. The molecule has 28 heavy (non-hydrogen) atoms. The van der Waals surface area contributed by atoms with Gasteiger partial charge in [0.15, 0.2) is 17.3 Å². The highest BCUT2D eigenvalue weighted by atomic mass is 16.5. The van der Waals surface area contributed by atoms with Crippen LogP contribution in [0.25, 0.3) is 0 Å². The first-order valence-electron chi connectivity index (χ1n) is 8.31. The molecule has 8 nitrogen and oxygen atoms in total. The second-order valence-electron chi connectivity index (χ2n) is 5.63. The molecule has 2 aromatic carbocycles. The minimum absolute atomic E-state index is 0.00351. The number of furan rings is 1. The molecule has 0 fully saturated rings. The number of para-hydroxylation sites is 3. The average Bonchev–Trinajstić information content (AvgIpc) is 3.20. The molecule has 0 saturated carbocycles. The van der Waals surface area contributed by atoms with Gasteiger partial charge in [0.2, 0.25) is 0 Å². The maximum Gasteiger partial charge on any atom is 0.305 e. The maximum atomic E-state index is 12.1. The molecule has 3 aromatic rings. The van der Waals surface area contributed by atoms with Crippen LogP contribution >= 0.6 is 0 Å². The Kier molecular flexibility index (Phi) is 5.81. The van der Waals surface area contributed by atoms with Crippen LogP contribution in [0.2, 0.25) is 0 Å². The zero-order valence-electron chi connectivity index (χ0n) is 15.0. The van der Waals surface area contributed by atoms with Gasteiger partial charge in [-0.2, -0.15) is 0 Å². The predicted octanol–water partition coefficient (Wildman–Crippen LogP) is 2.65. The fourth-order valence-electron chi connectivity index (χ4n) is 2.37. The van der Waals surface area contributed by atoms with Crippen molar-refractivity contribution in [3.63, 3.8) is 0 Å². The second kappa shape index (κ2) is 8.63. The Balaban J connectivity index is 1.55. The number of benzene rings is 2. The fourth-order valence-corrected chi connectivity index (χ4v) is 2.37. The van der Waals surface area contributed by atoms with Crippen LogP contribution in [0, 0.1) is 0 Å². The van der Waals surface area contributed by atoms with Crippen molar-refractivity contribution in [3.05, 3.63) is 77.7 Å². The SMILES string of the molecule is COc1ccccc1OCc1ccc(C(=O)NNC(=O)c2ccccc2O)o1. The summed E-state index contributed by atoms with van der Waals surface area (Å²) in [5.41, 5.74) is 4.47. The van der Waals surface area contributed by atoms with E-state index in [1.165, 1.54) is 18.2 Å². The van der Waals surface area contributed by atoms with Crippen LogP contribution < -0.4 is 20.3 Å². The third-order valence-electron chi connectivity index (χ3n) is 3.76. The molecule has 0 bridgehead atoms. The number of amides is 2. The zero-order valence-corrected chi connectivity index (χ0v) is 15.0. The maximum absolute atomic E-state index is 12.1. The lowest BCUT2D eigenvalue weighted by molar-refractivity contribution is 0.0827. The summed E-state index contributed by atoms with van der Waals surface area (Å²) >= 11 is 0. The van der Waals surface area contributed by atoms with Crippen molar-refractivity contribution in [2.75, 3.05) is 7.11 Å². The normalized spacial score (nSPS) is 10.2. The molecule has 8 heteroatoms. The van der Waals surface area contributed by atoms with E-state index in [4.69, 9.17) is 13.9 Å². The highest BCUT2D eigenvalue weighted by molar-refractivity contribution is 5.99. The zero-order chi connectivity index (χ0) is 19.9. The predicted molar refractivity (Wildman–Crippen MR) is 99.1 cm³/mol. The van der Waals surface area contributed by atoms with Gasteiger partial charge in [-0.15, -0.1) is 0 Å². The topological polar surface area (TPSA) is 110 Å². The van der Waals surface area contributed by atoms with Crippen LogP contribution in [0.4, 0.5) is 0 Å². The molecule has 0 spiro atoms. The van der Waals surface area contributed by atoms with Gasteiger partial charge in [0.25, 0.3) is 5.91 Å². The van der Waals surface area contributed by atoms with Crippen LogP contribution in [0.15, 0.2) is 65.1 Å². The number of hydrazine groups is 1.